The Labute approximate surface area is 121 Å². The Morgan fingerprint density at radius 1 is 1.35 bits per heavy atom. The Hall–Kier alpha value is -0.780. The number of benzene rings is 1. The van der Waals surface area contributed by atoms with Crippen molar-refractivity contribution in [1.29, 1.82) is 0 Å². The maximum atomic E-state index is 12.9. The zero-order valence-electron chi connectivity index (χ0n) is 11.4. The van der Waals surface area contributed by atoms with Crippen LogP contribution in [0.2, 0.25) is 5.02 Å². The average Bonchev–Trinajstić information content (AvgIpc) is 2.38. The monoisotopic (exact) mass is 307 g/mol. The van der Waals surface area contributed by atoms with Crippen LogP contribution >= 0.6 is 11.6 Å². The summed E-state index contributed by atoms with van der Waals surface area (Å²) in [7, 11) is 0. The lowest BCUT2D eigenvalue weighted by Gasteiger charge is -2.35. The molecule has 1 aliphatic heterocycles. The van der Waals surface area contributed by atoms with Gasteiger partial charge in [-0.3, -0.25) is 4.90 Å². The van der Waals surface area contributed by atoms with Gasteiger partial charge in [0.1, 0.15) is 0 Å². The molecule has 2 nitrogen and oxygen atoms in total. The van der Waals surface area contributed by atoms with E-state index in [-0.39, 0.29) is 11.1 Å². The molecule has 0 N–H and O–H groups in total. The molecule has 1 saturated heterocycles. The number of rotatable bonds is 2. The predicted molar refractivity (Wildman–Crippen MR) is 71.9 cm³/mol. The summed E-state index contributed by atoms with van der Waals surface area (Å²) in [4.78, 5) is 2.19. The molecule has 0 amide bonds. The second kappa shape index (κ2) is 5.92. The second-order valence-electron chi connectivity index (χ2n) is 5.19. The van der Waals surface area contributed by atoms with Gasteiger partial charge in [0.25, 0.3) is 0 Å². The van der Waals surface area contributed by atoms with Crippen molar-refractivity contribution in [2.75, 3.05) is 19.7 Å². The topological polar surface area (TPSA) is 12.5 Å². The standard InChI is InChI=1S/C14H17ClF3NO/c1-9(2)19-5-6-20-13(8-19)10-3-4-12(15)11(7-10)14(16,17)18/h3-4,7,9,13H,5-6,8H2,1-2H3. The third-order valence-electron chi connectivity index (χ3n) is 3.50. The maximum Gasteiger partial charge on any atom is 0.417 e. The number of morpholine rings is 1. The van der Waals surface area contributed by atoms with E-state index in [0.717, 1.165) is 12.6 Å². The molecule has 20 heavy (non-hydrogen) atoms. The second-order valence-corrected chi connectivity index (χ2v) is 5.59. The normalized spacial score (nSPS) is 21.4. The summed E-state index contributed by atoms with van der Waals surface area (Å²) < 4.78 is 44.2. The highest BCUT2D eigenvalue weighted by atomic mass is 35.5. The number of hydrogen-bond acceptors (Lipinski definition) is 2. The van der Waals surface area contributed by atoms with Crippen LogP contribution < -0.4 is 0 Å². The van der Waals surface area contributed by atoms with E-state index >= 15 is 0 Å². The fraction of sp³-hybridized carbons (Fsp3) is 0.571. The summed E-state index contributed by atoms with van der Waals surface area (Å²) in [5.41, 5.74) is -0.283. The Morgan fingerprint density at radius 2 is 2.05 bits per heavy atom. The van der Waals surface area contributed by atoms with Gasteiger partial charge in [0, 0.05) is 19.1 Å². The number of nitrogens with zero attached hydrogens (tertiary/aromatic N) is 1. The first-order valence-electron chi connectivity index (χ1n) is 6.51. The van der Waals surface area contributed by atoms with Crippen molar-refractivity contribution in [2.24, 2.45) is 0 Å². The van der Waals surface area contributed by atoms with Crippen LogP contribution in [0.15, 0.2) is 18.2 Å². The summed E-state index contributed by atoms with van der Waals surface area (Å²) >= 11 is 5.63. The fourth-order valence-corrected chi connectivity index (χ4v) is 2.52. The maximum absolute atomic E-state index is 12.9. The third kappa shape index (κ3) is 3.45. The van der Waals surface area contributed by atoms with E-state index in [4.69, 9.17) is 16.3 Å². The van der Waals surface area contributed by atoms with Crippen molar-refractivity contribution < 1.29 is 17.9 Å². The van der Waals surface area contributed by atoms with Crippen molar-refractivity contribution in [2.45, 2.75) is 32.2 Å². The molecule has 1 aliphatic rings. The SMILES string of the molecule is CC(C)N1CCOC(c2ccc(Cl)c(C(F)(F)F)c2)C1. The number of hydrogen-bond donors (Lipinski definition) is 0. The van der Waals surface area contributed by atoms with Gasteiger partial charge in [0.2, 0.25) is 0 Å². The summed E-state index contributed by atoms with van der Waals surface area (Å²) in [6.45, 7) is 6.04. The van der Waals surface area contributed by atoms with Gasteiger partial charge in [0.05, 0.1) is 23.3 Å². The van der Waals surface area contributed by atoms with Crippen LogP contribution in [0.25, 0.3) is 0 Å². The van der Waals surface area contributed by atoms with Crippen LogP contribution in [-0.2, 0) is 10.9 Å². The van der Waals surface area contributed by atoms with Gasteiger partial charge in [-0.2, -0.15) is 13.2 Å². The molecule has 0 bridgehead atoms. The quantitative estimate of drug-likeness (QED) is 0.814. The van der Waals surface area contributed by atoms with E-state index < -0.39 is 11.7 Å². The lowest BCUT2D eigenvalue weighted by atomic mass is 10.0. The first-order chi connectivity index (χ1) is 9.29. The minimum Gasteiger partial charge on any atom is -0.371 e. The van der Waals surface area contributed by atoms with Crippen LogP contribution in [-0.4, -0.2) is 30.6 Å². The van der Waals surface area contributed by atoms with Gasteiger partial charge in [0.15, 0.2) is 0 Å². The molecule has 2 rings (SSSR count). The van der Waals surface area contributed by atoms with Gasteiger partial charge in [-0.1, -0.05) is 17.7 Å². The third-order valence-corrected chi connectivity index (χ3v) is 3.83. The molecule has 1 fully saturated rings. The number of ether oxygens (including phenoxy) is 1. The zero-order valence-corrected chi connectivity index (χ0v) is 12.1. The Bertz CT molecular complexity index is 476. The zero-order chi connectivity index (χ0) is 14.9. The average molecular weight is 308 g/mol. The lowest BCUT2D eigenvalue weighted by Crippen LogP contribution is -2.42. The molecule has 1 atom stereocenters. The van der Waals surface area contributed by atoms with Gasteiger partial charge in [-0.05, 0) is 31.5 Å². The van der Waals surface area contributed by atoms with Crippen molar-refractivity contribution in [3.8, 4) is 0 Å². The molecule has 1 heterocycles. The van der Waals surface area contributed by atoms with Crippen molar-refractivity contribution >= 4 is 11.6 Å². The van der Waals surface area contributed by atoms with Gasteiger partial charge in [-0.25, -0.2) is 0 Å². The van der Waals surface area contributed by atoms with Gasteiger partial charge < -0.3 is 4.74 Å². The van der Waals surface area contributed by atoms with Crippen LogP contribution in [0.5, 0.6) is 0 Å². The van der Waals surface area contributed by atoms with Crippen LogP contribution in [0, 0.1) is 0 Å². The van der Waals surface area contributed by atoms with E-state index in [1.807, 2.05) is 0 Å². The van der Waals surface area contributed by atoms with Gasteiger partial charge in [-0.15, -0.1) is 0 Å². The largest absolute Gasteiger partial charge is 0.417 e. The molecule has 0 spiro atoms. The highest BCUT2D eigenvalue weighted by Gasteiger charge is 2.34. The lowest BCUT2D eigenvalue weighted by molar-refractivity contribution is -0.137. The molecule has 1 aromatic rings. The molecule has 0 aliphatic carbocycles. The Morgan fingerprint density at radius 3 is 2.65 bits per heavy atom. The molecule has 0 saturated carbocycles. The molecule has 0 radical (unpaired) electrons. The van der Waals surface area contributed by atoms with Crippen LogP contribution in [0.4, 0.5) is 13.2 Å². The summed E-state index contributed by atoms with van der Waals surface area (Å²) in [5, 5.41) is -0.280. The predicted octanol–water partition coefficient (Wildman–Crippen LogP) is 4.14. The van der Waals surface area contributed by atoms with E-state index in [9.17, 15) is 13.2 Å². The molecular formula is C14H17ClF3NO. The summed E-state index contributed by atoms with van der Waals surface area (Å²) in [6.07, 6.45) is -4.79. The molecule has 112 valence electrons. The highest BCUT2D eigenvalue weighted by Crippen LogP contribution is 2.37. The van der Waals surface area contributed by atoms with E-state index in [2.05, 4.69) is 18.7 Å². The molecular weight excluding hydrogens is 291 g/mol. The van der Waals surface area contributed by atoms with E-state index in [0.29, 0.717) is 24.8 Å². The van der Waals surface area contributed by atoms with Crippen molar-refractivity contribution in [1.82, 2.24) is 4.90 Å². The van der Waals surface area contributed by atoms with Crippen molar-refractivity contribution in [3.63, 3.8) is 0 Å². The highest BCUT2D eigenvalue weighted by molar-refractivity contribution is 6.31. The Balaban J connectivity index is 2.25. The minimum absolute atomic E-state index is 0.280. The Kier molecular flexibility index (Phi) is 4.62. The van der Waals surface area contributed by atoms with Crippen LogP contribution in [0.3, 0.4) is 0 Å². The van der Waals surface area contributed by atoms with E-state index in [1.54, 1.807) is 6.07 Å². The number of alkyl halides is 3. The molecule has 1 unspecified atom stereocenters. The molecule has 1 aromatic carbocycles. The molecule has 0 aromatic heterocycles. The van der Waals surface area contributed by atoms with Gasteiger partial charge >= 0.3 is 6.18 Å². The first-order valence-corrected chi connectivity index (χ1v) is 6.89. The van der Waals surface area contributed by atoms with Crippen LogP contribution in [0.1, 0.15) is 31.1 Å². The van der Waals surface area contributed by atoms with Crippen molar-refractivity contribution in [3.05, 3.63) is 34.3 Å². The smallest absolute Gasteiger partial charge is 0.371 e. The van der Waals surface area contributed by atoms with E-state index in [1.165, 1.54) is 6.07 Å². The molecule has 6 heteroatoms. The number of halogens is 4. The first kappa shape index (κ1) is 15.6. The summed E-state index contributed by atoms with van der Waals surface area (Å²) in [5.74, 6) is 0. The minimum atomic E-state index is -4.44. The summed E-state index contributed by atoms with van der Waals surface area (Å²) in [6, 6.07) is 4.33. The fourth-order valence-electron chi connectivity index (χ4n) is 2.30.